The maximum Gasteiger partial charge on any atom is 0.227 e. The second kappa shape index (κ2) is 11.6. The fraction of sp³-hybridized carbons (Fsp3) is 0. The Morgan fingerprint density at radius 1 is 0.420 bits per heavy atom. The molecule has 0 spiro atoms. The van der Waals surface area contributed by atoms with Gasteiger partial charge in [0.1, 0.15) is 5.52 Å². The second-order valence-electron chi connectivity index (χ2n) is 12.3. The van der Waals surface area contributed by atoms with Crippen molar-refractivity contribution < 1.29 is 4.42 Å². The summed E-state index contributed by atoms with van der Waals surface area (Å²) in [4.78, 5) is 20.1. The van der Waals surface area contributed by atoms with E-state index >= 15 is 0 Å². The molecule has 0 unspecified atom stereocenters. The van der Waals surface area contributed by atoms with E-state index in [1.54, 1.807) is 11.3 Å². The maximum atomic E-state index is 6.25. The number of aromatic nitrogens is 4. The molecule has 10 aromatic rings. The molecule has 6 heteroatoms. The summed E-state index contributed by atoms with van der Waals surface area (Å²) in [7, 11) is 0. The van der Waals surface area contributed by atoms with Crippen LogP contribution in [-0.4, -0.2) is 19.9 Å². The third-order valence-electron chi connectivity index (χ3n) is 9.14. The molecule has 10 rings (SSSR count). The Kier molecular flexibility index (Phi) is 6.60. The van der Waals surface area contributed by atoms with E-state index in [4.69, 9.17) is 24.4 Å². The first-order chi connectivity index (χ1) is 24.7. The van der Waals surface area contributed by atoms with Crippen molar-refractivity contribution in [3.8, 4) is 56.7 Å². The minimum absolute atomic E-state index is 0.624. The Labute approximate surface area is 291 Å². The van der Waals surface area contributed by atoms with Gasteiger partial charge in [0.15, 0.2) is 23.1 Å². The van der Waals surface area contributed by atoms with E-state index in [-0.39, 0.29) is 0 Å². The molecule has 234 valence electrons. The molecule has 0 amide bonds. The van der Waals surface area contributed by atoms with Gasteiger partial charge in [-0.15, -0.1) is 11.3 Å². The number of fused-ring (bicyclic) bond motifs is 5. The van der Waals surface area contributed by atoms with E-state index in [1.807, 2.05) is 66.7 Å². The summed E-state index contributed by atoms with van der Waals surface area (Å²) in [6.07, 6.45) is 0. The predicted octanol–water partition coefficient (Wildman–Crippen LogP) is 11.9. The van der Waals surface area contributed by atoms with Gasteiger partial charge >= 0.3 is 0 Å². The molecule has 0 saturated heterocycles. The number of hydrogen-bond donors (Lipinski definition) is 0. The molecule has 0 radical (unpaired) electrons. The smallest absolute Gasteiger partial charge is 0.227 e. The van der Waals surface area contributed by atoms with E-state index < -0.39 is 0 Å². The molecule has 3 heterocycles. The largest absolute Gasteiger partial charge is 0.436 e. The first-order valence-electron chi connectivity index (χ1n) is 16.5. The highest BCUT2D eigenvalue weighted by molar-refractivity contribution is 7.26. The molecule has 0 bridgehead atoms. The van der Waals surface area contributed by atoms with Gasteiger partial charge in [0.25, 0.3) is 0 Å². The molecule has 0 fully saturated rings. The molecular formula is C44H26N4OS. The van der Waals surface area contributed by atoms with Gasteiger partial charge in [0.05, 0.1) is 0 Å². The van der Waals surface area contributed by atoms with Crippen molar-refractivity contribution in [2.24, 2.45) is 0 Å². The highest BCUT2D eigenvalue weighted by atomic mass is 32.1. The van der Waals surface area contributed by atoms with Crippen LogP contribution in [0.15, 0.2) is 162 Å². The fourth-order valence-corrected chi connectivity index (χ4v) is 7.86. The Morgan fingerprint density at radius 3 is 1.82 bits per heavy atom. The van der Waals surface area contributed by atoms with Crippen molar-refractivity contribution in [3.05, 3.63) is 158 Å². The number of rotatable bonds is 5. The first-order valence-corrected chi connectivity index (χ1v) is 17.3. The zero-order valence-electron chi connectivity index (χ0n) is 26.6. The standard InChI is InChI=1S/C44H26N4OS/c1-4-11-27(12-5-1)31-21-19-28-20-22-32(24-33(28)23-31)42-46-41(29-13-6-2-7-14-29)47-43(48-42)35-18-10-17-34-36-25-38-37(26-39(36)50-40(34)35)45-44(49-38)30-15-8-3-9-16-30/h1-26H. The first kappa shape index (κ1) is 28.5. The molecule has 0 aliphatic rings. The van der Waals surface area contributed by atoms with Crippen molar-refractivity contribution in [1.29, 1.82) is 0 Å². The number of nitrogens with zero attached hydrogens (tertiary/aromatic N) is 4. The lowest BCUT2D eigenvalue weighted by atomic mass is 10.00. The van der Waals surface area contributed by atoms with Crippen molar-refractivity contribution >= 4 is 53.4 Å². The molecule has 0 aliphatic carbocycles. The highest BCUT2D eigenvalue weighted by Gasteiger charge is 2.18. The van der Waals surface area contributed by atoms with Gasteiger partial charge < -0.3 is 4.42 Å². The zero-order chi connectivity index (χ0) is 33.0. The van der Waals surface area contributed by atoms with Gasteiger partial charge in [-0.25, -0.2) is 19.9 Å². The van der Waals surface area contributed by atoms with Crippen molar-refractivity contribution in [3.63, 3.8) is 0 Å². The Bertz CT molecular complexity index is 2860. The summed E-state index contributed by atoms with van der Waals surface area (Å²) in [5.74, 6) is 2.53. The fourth-order valence-electron chi connectivity index (χ4n) is 6.64. The summed E-state index contributed by atoms with van der Waals surface area (Å²) >= 11 is 1.73. The lowest BCUT2D eigenvalue weighted by Gasteiger charge is -2.10. The van der Waals surface area contributed by atoms with Gasteiger partial charge in [-0.1, -0.05) is 115 Å². The number of oxazole rings is 1. The second-order valence-corrected chi connectivity index (χ2v) is 13.4. The van der Waals surface area contributed by atoms with E-state index in [0.717, 1.165) is 64.3 Å². The third kappa shape index (κ3) is 4.93. The Morgan fingerprint density at radius 2 is 1.06 bits per heavy atom. The van der Waals surface area contributed by atoms with Crippen molar-refractivity contribution in [1.82, 2.24) is 19.9 Å². The molecule has 5 nitrogen and oxygen atoms in total. The minimum Gasteiger partial charge on any atom is -0.436 e. The van der Waals surface area contributed by atoms with Gasteiger partial charge in [-0.05, 0) is 64.4 Å². The van der Waals surface area contributed by atoms with Crippen LogP contribution in [0.3, 0.4) is 0 Å². The predicted molar refractivity (Wildman–Crippen MR) is 205 cm³/mol. The van der Waals surface area contributed by atoms with Gasteiger partial charge in [0.2, 0.25) is 5.89 Å². The van der Waals surface area contributed by atoms with Crippen LogP contribution in [-0.2, 0) is 0 Å². The quantitative estimate of drug-likeness (QED) is 0.184. The van der Waals surface area contributed by atoms with Crippen molar-refractivity contribution in [2.75, 3.05) is 0 Å². The summed E-state index contributed by atoms with van der Waals surface area (Å²) in [5, 5.41) is 4.55. The number of thiophene rings is 1. The Balaban J connectivity index is 1.13. The summed E-state index contributed by atoms with van der Waals surface area (Å²) < 4.78 is 8.49. The van der Waals surface area contributed by atoms with Crippen molar-refractivity contribution in [2.45, 2.75) is 0 Å². The number of hydrogen-bond acceptors (Lipinski definition) is 6. The summed E-state index contributed by atoms with van der Waals surface area (Å²) in [6.45, 7) is 0. The molecule has 0 N–H and O–H groups in total. The summed E-state index contributed by atoms with van der Waals surface area (Å²) in [5.41, 5.74) is 7.76. The lowest BCUT2D eigenvalue weighted by Crippen LogP contribution is -2.00. The van der Waals surface area contributed by atoms with Crippen LogP contribution in [0.5, 0.6) is 0 Å². The van der Waals surface area contributed by atoms with E-state index in [2.05, 4.69) is 91.0 Å². The third-order valence-corrected chi connectivity index (χ3v) is 10.3. The molecule has 0 atom stereocenters. The van der Waals surface area contributed by atoms with Crippen LogP contribution in [0.4, 0.5) is 0 Å². The van der Waals surface area contributed by atoms with Crippen LogP contribution in [0, 0.1) is 0 Å². The van der Waals surface area contributed by atoms with Crippen LogP contribution >= 0.6 is 11.3 Å². The topological polar surface area (TPSA) is 64.7 Å². The van der Waals surface area contributed by atoms with Crippen LogP contribution in [0.1, 0.15) is 0 Å². The monoisotopic (exact) mass is 658 g/mol. The molecule has 0 saturated carbocycles. The lowest BCUT2D eigenvalue weighted by molar-refractivity contribution is 0.620. The maximum absolute atomic E-state index is 6.25. The van der Waals surface area contributed by atoms with Gasteiger partial charge in [-0.2, -0.15) is 0 Å². The SMILES string of the molecule is c1ccc(-c2ccc3ccc(-c4nc(-c5ccccc5)nc(-c5cccc6c5sc5cc7nc(-c8ccccc8)oc7cc56)n4)cc3c2)cc1. The van der Waals surface area contributed by atoms with E-state index in [0.29, 0.717) is 23.4 Å². The van der Waals surface area contributed by atoms with Crippen LogP contribution in [0.25, 0.3) is 98.8 Å². The average molecular weight is 659 g/mol. The Hall–Kier alpha value is -6.50. The van der Waals surface area contributed by atoms with Crippen LogP contribution < -0.4 is 0 Å². The number of benzene rings is 7. The average Bonchev–Trinajstić information content (AvgIpc) is 3.78. The molecular weight excluding hydrogens is 633 g/mol. The molecule has 3 aromatic heterocycles. The van der Waals surface area contributed by atoms with Gasteiger partial charge in [-0.3, -0.25) is 0 Å². The summed E-state index contributed by atoms with van der Waals surface area (Å²) in [6, 6.07) is 54.2. The zero-order valence-corrected chi connectivity index (χ0v) is 27.4. The molecule has 50 heavy (non-hydrogen) atoms. The highest BCUT2D eigenvalue weighted by Crippen LogP contribution is 2.42. The molecule has 7 aromatic carbocycles. The van der Waals surface area contributed by atoms with E-state index in [1.165, 1.54) is 11.1 Å². The van der Waals surface area contributed by atoms with Crippen LogP contribution in [0.2, 0.25) is 0 Å². The molecule has 0 aliphatic heterocycles. The van der Waals surface area contributed by atoms with E-state index in [9.17, 15) is 0 Å². The normalized spacial score (nSPS) is 11.6. The minimum atomic E-state index is 0.624. The van der Waals surface area contributed by atoms with Gasteiger partial charge in [0, 0.05) is 42.4 Å².